The Balaban J connectivity index is 1.52. The molecule has 3 heterocycles. The Labute approximate surface area is 191 Å². The summed E-state index contributed by atoms with van der Waals surface area (Å²) in [6.07, 6.45) is 0. The Morgan fingerprint density at radius 1 is 0.576 bits per heavy atom. The van der Waals surface area contributed by atoms with Gasteiger partial charge in [-0.25, -0.2) is 0 Å². The average Bonchev–Trinajstić information content (AvgIpc) is 3.21. The summed E-state index contributed by atoms with van der Waals surface area (Å²) >= 11 is 0. The van der Waals surface area contributed by atoms with Gasteiger partial charge in [-0.2, -0.15) is 0 Å². The molecule has 0 bridgehead atoms. The Morgan fingerprint density at radius 3 is 2.30 bits per heavy atom. The van der Waals surface area contributed by atoms with Gasteiger partial charge < -0.3 is 9.30 Å². The molecule has 33 heavy (non-hydrogen) atoms. The summed E-state index contributed by atoms with van der Waals surface area (Å²) in [5.74, 6) is 1.92. The summed E-state index contributed by atoms with van der Waals surface area (Å²) in [5, 5.41) is 2.60. The highest BCUT2D eigenvalue weighted by atomic mass is 16.5. The fraction of sp³-hybridized carbons (Fsp3) is 0. The number of aromatic nitrogens is 1. The van der Waals surface area contributed by atoms with E-state index < -0.39 is 0 Å². The smallest absolute Gasteiger partial charge is 0.256 e. The highest BCUT2D eigenvalue weighted by Gasteiger charge is 2.39. The van der Waals surface area contributed by atoms with Crippen molar-refractivity contribution in [2.75, 3.05) is 0 Å². The quantitative estimate of drug-likeness (QED) is 0.326. The molecule has 1 aromatic heterocycles. The Hall–Kier alpha value is -4.24. The summed E-state index contributed by atoms with van der Waals surface area (Å²) in [6, 6.07) is 39.2. The van der Waals surface area contributed by atoms with Gasteiger partial charge in [0.1, 0.15) is 11.5 Å². The van der Waals surface area contributed by atoms with Crippen LogP contribution in [0.25, 0.3) is 38.6 Å². The number of hydrogen-bond donors (Lipinski definition) is 0. The number of para-hydroxylation sites is 2. The lowest BCUT2D eigenvalue weighted by molar-refractivity contribution is 0.487. The van der Waals surface area contributed by atoms with Crippen molar-refractivity contribution in [2.24, 2.45) is 0 Å². The molecule has 5 aromatic carbocycles. The van der Waals surface area contributed by atoms with E-state index in [1.165, 1.54) is 55.0 Å². The fourth-order valence-electron chi connectivity index (χ4n) is 5.90. The highest BCUT2D eigenvalue weighted by molar-refractivity contribution is 6.99. The van der Waals surface area contributed by atoms with Crippen LogP contribution < -0.4 is 21.1 Å². The predicted molar refractivity (Wildman–Crippen MR) is 137 cm³/mol. The minimum absolute atomic E-state index is 0.176. The number of rotatable bonds is 1. The maximum absolute atomic E-state index is 6.39. The predicted octanol–water partition coefficient (Wildman–Crippen LogP) is 5.39. The summed E-state index contributed by atoms with van der Waals surface area (Å²) in [6.45, 7) is 0.176. The normalized spacial score (nSPS) is 13.0. The molecule has 0 amide bonds. The van der Waals surface area contributed by atoms with Gasteiger partial charge in [-0.05, 0) is 57.8 Å². The van der Waals surface area contributed by atoms with Crippen molar-refractivity contribution in [2.45, 2.75) is 0 Å². The van der Waals surface area contributed by atoms with E-state index in [1.54, 1.807) is 0 Å². The van der Waals surface area contributed by atoms with E-state index in [0.29, 0.717) is 0 Å². The molecule has 0 saturated carbocycles. The molecule has 8 rings (SSSR count). The zero-order chi connectivity index (χ0) is 21.5. The lowest BCUT2D eigenvalue weighted by Gasteiger charge is -2.33. The first-order valence-electron chi connectivity index (χ1n) is 11.4. The molecule has 0 atom stereocenters. The number of benzene rings is 5. The second-order valence-electron chi connectivity index (χ2n) is 8.94. The van der Waals surface area contributed by atoms with Crippen LogP contribution in [-0.4, -0.2) is 11.3 Å². The van der Waals surface area contributed by atoms with Crippen LogP contribution in [0.1, 0.15) is 0 Å². The summed E-state index contributed by atoms with van der Waals surface area (Å²) in [5.41, 5.74) is 10.1. The second kappa shape index (κ2) is 6.17. The largest absolute Gasteiger partial charge is 0.458 e. The molecule has 152 valence electrons. The van der Waals surface area contributed by atoms with Crippen LogP contribution in [0.3, 0.4) is 0 Å². The van der Waals surface area contributed by atoms with Gasteiger partial charge in [-0.15, -0.1) is 0 Å². The average molecular weight is 419 g/mol. The third-order valence-corrected chi connectivity index (χ3v) is 7.26. The van der Waals surface area contributed by atoms with E-state index in [4.69, 9.17) is 4.74 Å². The molecule has 2 aliphatic heterocycles. The van der Waals surface area contributed by atoms with Gasteiger partial charge in [0.15, 0.2) is 0 Å². The third kappa shape index (κ3) is 2.19. The lowest BCUT2D eigenvalue weighted by Crippen LogP contribution is -2.58. The molecule has 0 radical (unpaired) electrons. The molecule has 0 saturated heterocycles. The molecule has 0 fully saturated rings. The van der Waals surface area contributed by atoms with Gasteiger partial charge in [-0.1, -0.05) is 78.9 Å². The van der Waals surface area contributed by atoms with Gasteiger partial charge in [0, 0.05) is 22.0 Å². The Kier molecular flexibility index (Phi) is 3.24. The van der Waals surface area contributed by atoms with Crippen molar-refractivity contribution in [1.82, 2.24) is 4.57 Å². The molecule has 0 N–H and O–H groups in total. The van der Waals surface area contributed by atoms with Crippen LogP contribution in [0.4, 0.5) is 0 Å². The zero-order valence-corrected chi connectivity index (χ0v) is 17.8. The van der Waals surface area contributed by atoms with Crippen LogP contribution in [0.2, 0.25) is 0 Å². The zero-order valence-electron chi connectivity index (χ0n) is 17.8. The first kappa shape index (κ1) is 17.3. The summed E-state index contributed by atoms with van der Waals surface area (Å²) in [7, 11) is 0. The van der Waals surface area contributed by atoms with E-state index in [2.05, 4.69) is 114 Å². The lowest BCUT2D eigenvalue weighted by atomic mass is 9.34. The number of hydrogen-bond acceptors (Lipinski definition) is 1. The van der Waals surface area contributed by atoms with Gasteiger partial charge in [0.25, 0.3) is 6.71 Å². The van der Waals surface area contributed by atoms with Crippen LogP contribution in [0.15, 0.2) is 109 Å². The molecule has 2 nitrogen and oxygen atoms in total. The molecule has 0 aliphatic carbocycles. The van der Waals surface area contributed by atoms with Gasteiger partial charge >= 0.3 is 0 Å². The highest BCUT2D eigenvalue weighted by Crippen LogP contribution is 2.38. The van der Waals surface area contributed by atoms with E-state index in [9.17, 15) is 0 Å². The first-order chi connectivity index (χ1) is 16.4. The standard InChI is InChI=1S/C30H18BNO/c1-2-8-19(9-3-1)20-16-17-25-22(18-20)21-10-6-12-24-30(21)32(25)26-13-7-15-28-29(26)31(24)23-11-4-5-14-27(23)33-28/h1-18H. The SMILES string of the molecule is c1ccc(-c2ccc3c(c2)c2cccc4c2n3-c2cccc3c2B4c2ccccc2O3)cc1. The van der Waals surface area contributed by atoms with Crippen molar-refractivity contribution >= 4 is 44.9 Å². The van der Waals surface area contributed by atoms with Gasteiger partial charge in [0.2, 0.25) is 0 Å². The van der Waals surface area contributed by atoms with E-state index in [-0.39, 0.29) is 6.71 Å². The van der Waals surface area contributed by atoms with Crippen molar-refractivity contribution < 1.29 is 4.74 Å². The van der Waals surface area contributed by atoms with E-state index in [0.717, 1.165) is 11.5 Å². The van der Waals surface area contributed by atoms with Crippen molar-refractivity contribution in [3.05, 3.63) is 109 Å². The molecular formula is C30H18BNO. The van der Waals surface area contributed by atoms with E-state index >= 15 is 0 Å². The maximum atomic E-state index is 6.39. The second-order valence-corrected chi connectivity index (χ2v) is 8.94. The third-order valence-electron chi connectivity index (χ3n) is 7.26. The molecular weight excluding hydrogens is 401 g/mol. The monoisotopic (exact) mass is 419 g/mol. The Morgan fingerprint density at radius 2 is 1.36 bits per heavy atom. The summed E-state index contributed by atoms with van der Waals surface area (Å²) < 4.78 is 8.83. The van der Waals surface area contributed by atoms with Crippen LogP contribution in [0.5, 0.6) is 11.5 Å². The van der Waals surface area contributed by atoms with Gasteiger partial charge in [0.05, 0.1) is 5.52 Å². The number of fused-ring (bicyclic) bond motifs is 7. The van der Waals surface area contributed by atoms with Gasteiger partial charge in [-0.3, -0.25) is 0 Å². The van der Waals surface area contributed by atoms with Crippen molar-refractivity contribution in [3.8, 4) is 28.3 Å². The molecule has 2 aliphatic rings. The Bertz CT molecular complexity index is 1750. The van der Waals surface area contributed by atoms with Crippen molar-refractivity contribution in [3.63, 3.8) is 0 Å². The first-order valence-corrected chi connectivity index (χ1v) is 11.4. The number of nitrogens with zero attached hydrogens (tertiary/aromatic N) is 1. The van der Waals surface area contributed by atoms with Crippen LogP contribution >= 0.6 is 0 Å². The van der Waals surface area contributed by atoms with Crippen LogP contribution in [0, 0.1) is 0 Å². The van der Waals surface area contributed by atoms with E-state index in [1.807, 2.05) is 0 Å². The minimum Gasteiger partial charge on any atom is -0.458 e. The topological polar surface area (TPSA) is 14.2 Å². The molecule has 6 aromatic rings. The maximum Gasteiger partial charge on any atom is 0.256 e. The molecule has 0 unspecified atom stereocenters. The van der Waals surface area contributed by atoms with Crippen molar-refractivity contribution in [1.29, 1.82) is 0 Å². The summed E-state index contributed by atoms with van der Waals surface area (Å²) in [4.78, 5) is 0. The minimum atomic E-state index is 0.176. The molecule has 0 spiro atoms. The fourth-order valence-corrected chi connectivity index (χ4v) is 5.90. The molecule has 3 heteroatoms. The number of ether oxygens (including phenoxy) is 1. The van der Waals surface area contributed by atoms with Crippen LogP contribution in [-0.2, 0) is 0 Å².